The molecule has 0 spiro atoms. The van der Waals surface area contributed by atoms with Gasteiger partial charge in [0.05, 0.1) is 13.7 Å². The van der Waals surface area contributed by atoms with Crippen molar-refractivity contribution in [1.29, 1.82) is 0 Å². The van der Waals surface area contributed by atoms with Crippen molar-refractivity contribution >= 4 is 5.97 Å². The molecule has 1 aromatic carbocycles. The zero-order valence-electron chi connectivity index (χ0n) is 12.6. The monoisotopic (exact) mass is 281 g/mol. The fourth-order valence-corrected chi connectivity index (χ4v) is 1.86. The van der Waals surface area contributed by atoms with Crippen molar-refractivity contribution in [1.82, 2.24) is 5.32 Å². The molecule has 5 heteroatoms. The number of benzene rings is 1. The molecule has 5 nitrogen and oxygen atoms in total. The van der Waals surface area contributed by atoms with Gasteiger partial charge in [-0.15, -0.1) is 0 Å². The van der Waals surface area contributed by atoms with E-state index in [2.05, 4.69) is 5.32 Å². The second-order valence-corrected chi connectivity index (χ2v) is 4.52. The molecule has 0 aliphatic carbocycles. The van der Waals surface area contributed by atoms with Crippen LogP contribution in [0.25, 0.3) is 0 Å². The number of hydrogen-bond donors (Lipinski definition) is 1. The molecule has 0 saturated heterocycles. The maximum Gasteiger partial charge on any atom is 0.329 e. The van der Waals surface area contributed by atoms with Crippen LogP contribution in [0.1, 0.15) is 20.8 Å². The van der Waals surface area contributed by atoms with Crippen LogP contribution in [0.4, 0.5) is 0 Å². The number of carbonyl (C=O) groups excluding carboxylic acids is 1. The van der Waals surface area contributed by atoms with Crippen LogP contribution >= 0.6 is 0 Å². The highest BCUT2D eigenvalue weighted by atomic mass is 16.5. The SMILES string of the molecule is CCNC(C)(COc1ccccc1OCC)C(=O)OC. The van der Waals surface area contributed by atoms with E-state index in [1.54, 1.807) is 6.92 Å². The first-order chi connectivity index (χ1) is 9.57. The number of hydrogen-bond acceptors (Lipinski definition) is 5. The summed E-state index contributed by atoms with van der Waals surface area (Å²) in [6, 6.07) is 7.39. The third-order valence-electron chi connectivity index (χ3n) is 2.87. The smallest absolute Gasteiger partial charge is 0.329 e. The Kier molecular flexibility index (Phi) is 6.31. The van der Waals surface area contributed by atoms with Crippen LogP contribution < -0.4 is 14.8 Å². The van der Waals surface area contributed by atoms with Gasteiger partial charge in [-0.2, -0.15) is 0 Å². The standard InChI is InChI=1S/C15H23NO4/c1-5-16-15(3,14(17)18-4)11-20-13-10-8-7-9-12(13)19-6-2/h7-10,16H,5-6,11H2,1-4H3. The number of likely N-dealkylation sites (N-methyl/N-ethyl adjacent to an activating group) is 1. The lowest BCUT2D eigenvalue weighted by Crippen LogP contribution is -2.54. The van der Waals surface area contributed by atoms with Crippen LogP contribution in [0.2, 0.25) is 0 Å². The molecule has 1 N–H and O–H groups in total. The minimum absolute atomic E-state index is 0.164. The molecule has 0 radical (unpaired) electrons. The van der Waals surface area contributed by atoms with Gasteiger partial charge in [0, 0.05) is 0 Å². The predicted octanol–water partition coefficient (Wildman–Crippen LogP) is 2.01. The second kappa shape index (κ2) is 7.75. The summed E-state index contributed by atoms with van der Waals surface area (Å²) in [6.07, 6.45) is 0. The van der Waals surface area contributed by atoms with Crippen LogP contribution in [-0.4, -0.2) is 38.4 Å². The Morgan fingerprint density at radius 1 is 1.20 bits per heavy atom. The van der Waals surface area contributed by atoms with Crippen LogP contribution in [0.3, 0.4) is 0 Å². The van der Waals surface area contributed by atoms with E-state index < -0.39 is 5.54 Å². The number of rotatable bonds is 8. The predicted molar refractivity (Wildman–Crippen MR) is 77.2 cm³/mol. The summed E-state index contributed by atoms with van der Waals surface area (Å²) in [5.41, 5.74) is -0.886. The molecular formula is C15H23NO4. The summed E-state index contributed by atoms with van der Waals surface area (Å²) in [5.74, 6) is 0.925. The molecule has 1 rings (SSSR count). The van der Waals surface area contributed by atoms with E-state index in [-0.39, 0.29) is 12.6 Å². The molecule has 20 heavy (non-hydrogen) atoms. The van der Waals surface area contributed by atoms with Crippen molar-refractivity contribution in [2.45, 2.75) is 26.3 Å². The molecule has 0 bridgehead atoms. The first-order valence-electron chi connectivity index (χ1n) is 6.75. The van der Waals surface area contributed by atoms with Crippen molar-refractivity contribution in [3.05, 3.63) is 24.3 Å². The summed E-state index contributed by atoms with van der Waals surface area (Å²) < 4.78 is 16.1. The fraction of sp³-hybridized carbons (Fsp3) is 0.533. The molecule has 0 aromatic heterocycles. The van der Waals surface area contributed by atoms with Gasteiger partial charge < -0.3 is 14.2 Å². The Bertz CT molecular complexity index is 436. The quantitative estimate of drug-likeness (QED) is 0.739. The first-order valence-corrected chi connectivity index (χ1v) is 6.75. The molecule has 0 amide bonds. The third-order valence-corrected chi connectivity index (χ3v) is 2.87. The highest BCUT2D eigenvalue weighted by Gasteiger charge is 2.34. The van der Waals surface area contributed by atoms with Gasteiger partial charge in [-0.25, -0.2) is 4.79 Å². The highest BCUT2D eigenvalue weighted by molar-refractivity contribution is 5.80. The Hall–Kier alpha value is -1.75. The van der Waals surface area contributed by atoms with Crippen molar-refractivity contribution in [3.63, 3.8) is 0 Å². The van der Waals surface area contributed by atoms with E-state index in [1.807, 2.05) is 38.1 Å². The van der Waals surface area contributed by atoms with E-state index in [9.17, 15) is 4.79 Å². The molecule has 0 fully saturated rings. The van der Waals surface area contributed by atoms with Gasteiger partial charge in [0.2, 0.25) is 0 Å². The summed E-state index contributed by atoms with van der Waals surface area (Å²) in [7, 11) is 1.37. The molecule has 112 valence electrons. The largest absolute Gasteiger partial charge is 0.490 e. The van der Waals surface area contributed by atoms with Crippen molar-refractivity contribution in [2.24, 2.45) is 0 Å². The summed E-state index contributed by atoms with van der Waals surface area (Å²) in [5, 5.41) is 3.09. The first kappa shape index (κ1) is 16.3. The van der Waals surface area contributed by atoms with Gasteiger partial charge in [-0.1, -0.05) is 19.1 Å². The summed E-state index contributed by atoms with van der Waals surface area (Å²) in [4.78, 5) is 11.9. The minimum Gasteiger partial charge on any atom is -0.490 e. The average molecular weight is 281 g/mol. The Labute approximate surface area is 120 Å². The molecule has 0 aliphatic rings. The molecule has 1 atom stereocenters. The van der Waals surface area contributed by atoms with Crippen LogP contribution in [0.15, 0.2) is 24.3 Å². The van der Waals surface area contributed by atoms with Gasteiger partial charge in [0.1, 0.15) is 12.1 Å². The van der Waals surface area contributed by atoms with Crippen molar-refractivity contribution in [2.75, 3.05) is 26.9 Å². The summed E-state index contributed by atoms with van der Waals surface area (Å²) in [6.45, 7) is 6.95. The number of carbonyl (C=O) groups is 1. The molecular weight excluding hydrogens is 258 g/mol. The number of para-hydroxylation sites is 2. The maximum absolute atomic E-state index is 11.9. The molecule has 0 saturated carbocycles. The van der Waals surface area contributed by atoms with Crippen molar-refractivity contribution < 1.29 is 19.0 Å². The van der Waals surface area contributed by atoms with Gasteiger partial charge in [0.25, 0.3) is 0 Å². The van der Waals surface area contributed by atoms with Gasteiger partial charge in [0.15, 0.2) is 11.5 Å². The van der Waals surface area contributed by atoms with Crippen LogP contribution in [0.5, 0.6) is 11.5 Å². The Morgan fingerprint density at radius 3 is 2.30 bits per heavy atom. The fourth-order valence-electron chi connectivity index (χ4n) is 1.86. The van der Waals surface area contributed by atoms with Gasteiger partial charge in [-0.05, 0) is 32.5 Å². The average Bonchev–Trinajstić information content (AvgIpc) is 2.46. The van der Waals surface area contributed by atoms with E-state index in [0.29, 0.717) is 24.7 Å². The minimum atomic E-state index is -0.886. The maximum atomic E-state index is 11.9. The van der Waals surface area contributed by atoms with Gasteiger partial charge >= 0.3 is 5.97 Å². The van der Waals surface area contributed by atoms with Gasteiger partial charge in [-0.3, -0.25) is 5.32 Å². The zero-order chi connectivity index (χ0) is 15.0. The number of methoxy groups -OCH3 is 1. The van der Waals surface area contributed by atoms with E-state index in [4.69, 9.17) is 14.2 Å². The Balaban J connectivity index is 2.80. The van der Waals surface area contributed by atoms with Crippen LogP contribution in [-0.2, 0) is 9.53 Å². The lowest BCUT2D eigenvalue weighted by molar-refractivity contribution is -0.149. The molecule has 1 aromatic rings. The molecule has 0 heterocycles. The lowest BCUT2D eigenvalue weighted by Gasteiger charge is -2.27. The zero-order valence-corrected chi connectivity index (χ0v) is 12.6. The normalized spacial score (nSPS) is 13.4. The number of ether oxygens (including phenoxy) is 3. The Morgan fingerprint density at radius 2 is 1.80 bits per heavy atom. The van der Waals surface area contributed by atoms with E-state index >= 15 is 0 Å². The number of esters is 1. The van der Waals surface area contributed by atoms with Crippen LogP contribution in [0, 0.1) is 0 Å². The third kappa shape index (κ3) is 4.13. The van der Waals surface area contributed by atoms with E-state index in [1.165, 1.54) is 7.11 Å². The van der Waals surface area contributed by atoms with E-state index in [0.717, 1.165) is 0 Å². The second-order valence-electron chi connectivity index (χ2n) is 4.52. The lowest BCUT2D eigenvalue weighted by atomic mass is 10.0. The number of nitrogens with one attached hydrogen (secondary N) is 1. The molecule has 1 unspecified atom stereocenters. The summed E-state index contributed by atoms with van der Waals surface area (Å²) >= 11 is 0. The molecule has 0 aliphatic heterocycles. The van der Waals surface area contributed by atoms with Crippen molar-refractivity contribution in [3.8, 4) is 11.5 Å². The topological polar surface area (TPSA) is 56.8 Å². The highest BCUT2D eigenvalue weighted by Crippen LogP contribution is 2.27.